The number of pyridine rings is 1. The monoisotopic (exact) mass is 243 g/mol. The fourth-order valence-electron chi connectivity index (χ4n) is 2.15. The van der Waals surface area contributed by atoms with Gasteiger partial charge < -0.3 is 5.73 Å². The molecule has 2 rings (SSSR count). The Bertz CT molecular complexity index is 496. The smallest absolute Gasteiger partial charge is 0.0702 e. The molecule has 0 aliphatic carbocycles. The van der Waals surface area contributed by atoms with E-state index in [1.54, 1.807) is 0 Å². The van der Waals surface area contributed by atoms with Crippen molar-refractivity contribution in [2.24, 2.45) is 5.73 Å². The van der Waals surface area contributed by atoms with E-state index in [0.717, 1.165) is 38.1 Å². The summed E-state index contributed by atoms with van der Waals surface area (Å²) in [7, 11) is 0. The Labute approximate surface area is 109 Å². The van der Waals surface area contributed by atoms with Crippen molar-refractivity contribution in [2.45, 2.75) is 19.9 Å². The summed E-state index contributed by atoms with van der Waals surface area (Å²) in [5, 5.41) is 1.21. The fraction of sp³-hybridized carbons (Fsp3) is 0.400. The lowest BCUT2D eigenvalue weighted by molar-refractivity contribution is 0.278. The standard InChI is InChI=1S/C15H21N3/c1-2-18(10-4-8-16)12-13-6-7-15-14(11-13)5-3-9-17-15/h3,5-7,9,11H,2,4,8,10,12,16H2,1H3. The van der Waals surface area contributed by atoms with Crippen molar-refractivity contribution in [2.75, 3.05) is 19.6 Å². The minimum absolute atomic E-state index is 0.762. The van der Waals surface area contributed by atoms with E-state index in [4.69, 9.17) is 5.73 Å². The minimum Gasteiger partial charge on any atom is -0.330 e. The van der Waals surface area contributed by atoms with Crippen LogP contribution in [0.25, 0.3) is 10.9 Å². The van der Waals surface area contributed by atoms with Crippen LogP contribution in [-0.4, -0.2) is 29.5 Å². The Morgan fingerprint density at radius 3 is 2.94 bits per heavy atom. The third-order valence-corrected chi connectivity index (χ3v) is 3.20. The number of rotatable bonds is 6. The summed E-state index contributed by atoms with van der Waals surface area (Å²) >= 11 is 0. The van der Waals surface area contributed by atoms with Gasteiger partial charge in [-0.1, -0.05) is 19.1 Å². The summed E-state index contributed by atoms with van der Waals surface area (Å²) in [6.45, 7) is 6.07. The molecule has 0 amide bonds. The van der Waals surface area contributed by atoms with Crippen LogP contribution in [0.15, 0.2) is 36.5 Å². The molecule has 1 aromatic heterocycles. The molecule has 0 bridgehead atoms. The first-order chi connectivity index (χ1) is 8.83. The highest BCUT2D eigenvalue weighted by Crippen LogP contribution is 2.14. The minimum atomic E-state index is 0.762. The maximum atomic E-state index is 5.56. The number of fused-ring (bicyclic) bond motifs is 1. The fourth-order valence-corrected chi connectivity index (χ4v) is 2.15. The number of hydrogen-bond acceptors (Lipinski definition) is 3. The van der Waals surface area contributed by atoms with Gasteiger partial charge in [-0.2, -0.15) is 0 Å². The third-order valence-electron chi connectivity index (χ3n) is 3.20. The van der Waals surface area contributed by atoms with E-state index in [-0.39, 0.29) is 0 Å². The van der Waals surface area contributed by atoms with E-state index >= 15 is 0 Å². The van der Waals surface area contributed by atoms with Crippen LogP contribution >= 0.6 is 0 Å². The predicted octanol–water partition coefficient (Wildman–Crippen LogP) is 2.41. The predicted molar refractivity (Wildman–Crippen MR) is 76.4 cm³/mol. The molecule has 0 atom stereocenters. The van der Waals surface area contributed by atoms with Gasteiger partial charge in [0.15, 0.2) is 0 Å². The van der Waals surface area contributed by atoms with Crippen molar-refractivity contribution in [1.82, 2.24) is 9.88 Å². The molecule has 1 heterocycles. The first-order valence-electron chi connectivity index (χ1n) is 6.59. The van der Waals surface area contributed by atoms with E-state index in [9.17, 15) is 0 Å². The second kappa shape index (κ2) is 6.47. The lowest BCUT2D eigenvalue weighted by Crippen LogP contribution is -2.25. The van der Waals surface area contributed by atoms with E-state index in [1.165, 1.54) is 10.9 Å². The zero-order chi connectivity index (χ0) is 12.8. The quantitative estimate of drug-likeness (QED) is 0.847. The highest BCUT2D eigenvalue weighted by Gasteiger charge is 2.04. The van der Waals surface area contributed by atoms with E-state index in [2.05, 4.69) is 41.1 Å². The maximum absolute atomic E-state index is 5.56. The van der Waals surface area contributed by atoms with Crippen LogP contribution in [0, 0.1) is 0 Å². The Hall–Kier alpha value is -1.45. The SMILES string of the molecule is CCN(CCCN)Cc1ccc2ncccc2c1. The Balaban J connectivity index is 2.10. The summed E-state index contributed by atoms with van der Waals surface area (Å²) in [4.78, 5) is 6.76. The van der Waals surface area contributed by atoms with Crippen LogP contribution < -0.4 is 5.73 Å². The Kier molecular flexibility index (Phi) is 4.67. The zero-order valence-electron chi connectivity index (χ0n) is 11.0. The van der Waals surface area contributed by atoms with Crippen molar-refractivity contribution in [3.05, 3.63) is 42.1 Å². The number of nitrogens with zero attached hydrogens (tertiary/aromatic N) is 2. The molecule has 96 valence electrons. The van der Waals surface area contributed by atoms with Gasteiger partial charge in [0.2, 0.25) is 0 Å². The molecular formula is C15H21N3. The summed E-state index contributed by atoms with van der Waals surface area (Å²) in [6, 6.07) is 10.6. The summed E-state index contributed by atoms with van der Waals surface area (Å²) in [5.74, 6) is 0. The van der Waals surface area contributed by atoms with Crippen LogP contribution in [0.5, 0.6) is 0 Å². The molecule has 3 nitrogen and oxygen atoms in total. The van der Waals surface area contributed by atoms with Gasteiger partial charge in [-0.25, -0.2) is 0 Å². The molecule has 0 spiro atoms. The normalized spacial score (nSPS) is 11.3. The van der Waals surface area contributed by atoms with Crippen molar-refractivity contribution >= 4 is 10.9 Å². The molecule has 0 saturated carbocycles. The van der Waals surface area contributed by atoms with Crippen LogP contribution in [0.4, 0.5) is 0 Å². The Morgan fingerprint density at radius 2 is 2.17 bits per heavy atom. The Morgan fingerprint density at radius 1 is 1.28 bits per heavy atom. The molecule has 0 radical (unpaired) electrons. The van der Waals surface area contributed by atoms with Crippen LogP contribution in [0.1, 0.15) is 18.9 Å². The average molecular weight is 243 g/mol. The van der Waals surface area contributed by atoms with Crippen LogP contribution in [-0.2, 0) is 6.54 Å². The number of hydrogen-bond donors (Lipinski definition) is 1. The van der Waals surface area contributed by atoms with Crippen LogP contribution in [0.3, 0.4) is 0 Å². The van der Waals surface area contributed by atoms with Gasteiger partial charge in [0.25, 0.3) is 0 Å². The van der Waals surface area contributed by atoms with Gasteiger partial charge in [-0.15, -0.1) is 0 Å². The molecule has 0 fully saturated rings. The largest absolute Gasteiger partial charge is 0.330 e. The van der Waals surface area contributed by atoms with Gasteiger partial charge in [-0.3, -0.25) is 9.88 Å². The molecule has 1 aromatic carbocycles. The van der Waals surface area contributed by atoms with Gasteiger partial charge in [0.1, 0.15) is 0 Å². The molecular weight excluding hydrogens is 222 g/mol. The van der Waals surface area contributed by atoms with Gasteiger partial charge >= 0.3 is 0 Å². The summed E-state index contributed by atoms with van der Waals surface area (Å²) in [5.41, 5.74) is 7.97. The number of benzene rings is 1. The second-order valence-electron chi connectivity index (χ2n) is 4.54. The lowest BCUT2D eigenvalue weighted by Gasteiger charge is -2.20. The molecule has 0 saturated heterocycles. The molecule has 2 aromatic rings. The van der Waals surface area contributed by atoms with Crippen molar-refractivity contribution in [3.8, 4) is 0 Å². The molecule has 0 aliphatic rings. The van der Waals surface area contributed by atoms with E-state index < -0.39 is 0 Å². The van der Waals surface area contributed by atoms with Crippen LogP contribution in [0.2, 0.25) is 0 Å². The maximum Gasteiger partial charge on any atom is 0.0702 e. The van der Waals surface area contributed by atoms with Gasteiger partial charge in [-0.05, 0) is 49.8 Å². The molecule has 18 heavy (non-hydrogen) atoms. The number of nitrogens with two attached hydrogens (primary N) is 1. The molecule has 3 heteroatoms. The van der Waals surface area contributed by atoms with Gasteiger partial charge in [0, 0.05) is 18.1 Å². The molecule has 2 N–H and O–H groups in total. The lowest BCUT2D eigenvalue weighted by atomic mass is 10.1. The first-order valence-corrected chi connectivity index (χ1v) is 6.59. The van der Waals surface area contributed by atoms with E-state index in [0.29, 0.717) is 0 Å². The highest BCUT2D eigenvalue weighted by molar-refractivity contribution is 5.78. The van der Waals surface area contributed by atoms with Crippen molar-refractivity contribution in [1.29, 1.82) is 0 Å². The van der Waals surface area contributed by atoms with Gasteiger partial charge in [0.05, 0.1) is 5.52 Å². The second-order valence-corrected chi connectivity index (χ2v) is 4.54. The average Bonchev–Trinajstić information content (AvgIpc) is 2.43. The summed E-state index contributed by atoms with van der Waals surface area (Å²) < 4.78 is 0. The number of aromatic nitrogens is 1. The first kappa shape index (κ1) is 13.0. The van der Waals surface area contributed by atoms with Crippen molar-refractivity contribution in [3.63, 3.8) is 0 Å². The highest BCUT2D eigenvalue weighted by atomic mass is 15.1. The molecule has 0 unspecified atom stereocenters. The summed E-state index contributed by atoms with van der Waals surface area (Å²) in [6.07, 6.45) is 2.89. The third kappa shape index (κ3) is 3.28. The van der Waals surface area contributed by atoms with Crippen molar-refractivity contribution < 1.29 is 0 Å². The van der Waals surface area contributed by atoms with E-state index in [1.807, 2.05) is 12.3 Å². The molecule has 0 aliphatic heterocycles. The zero-order valence-corrected chi connectivity index (χ0v) is 11.0. The topological polar surface area (TPSA) is 42.1 Å².